The number of carbonyl (C=O) groups excluding carboxylic acids is 4. The number of carbonyl (C=O) groups is 4. The van der Waals surface area contributed by atoms with Crippen LogP contribution in [0.4, 0.5) is 9.93 Å². The fourth-order valence-corrected chi connectivity index (χ4v) is 5.04. The van der Waals surface area contributed by atoms with E-state index >= 15 is 0 Å². The van der Waals surface area contributed by atoms with Gasteiger partial charge in [0.1, 0.15) is 29.0 Å². The lowest BCUT2D eigenvalue weighted by Gasteiger charge is -2.43. The molecular weight excluding hydrogens is 624 g/mol. The number of nitrogens with zero attached hydrogens (tertiary/aromatic N) is 6. The molecule has 2 aromatic rings. The number of nitrogens with one attached hydrogen (secondary N) is 2. The van der Waals surface area contributed by atoms with E-state index in [0.717, 1.165) is 16.1 Å². The van der Waals surface area contributed by atoms with E-state index in [4.69, 9.17) is 14.3 Å². The van der Waals surface area contributed by atoms with E-state index in [2.05, 4.69) is 31.0 Å². The van der Waals surface area contributed by atoms with Gasteiger partial charge in [0.2, 0.25) is 5.60 Å². The molecule has 0 spiro atoms. The minimum atomic E-state index is -4.99. The number of oxime groups is 1. The van der Waals surface area contributed by atoms with Crippen LogP contribution < -0.4 is 10.6 Å². The van der Waals surface area contributed by atoms with Crippen LogP contribution in [0.15, 0.2) is 22.9 Å². The summed E-state index contributed by atoms with van der Waals surface area (Å²) in [5, 5.41) is 17.7. The highest BCUT2D eigenvalue weighted by Gasteiger charge is 2.54. The van der Waals surface area contributed by atoms with E-state index in [1.165, 1.54) is 31.6 Å². The average Bonchev–Trinajstić information content (AvgIpc) is 3.51. The second-order valence-electron chi connectivity index (χ2n) is 11.9. The number of thiazole rings is 1. The number of aromatic nitrogens is 4. The van der Waals surface area contributed by atoms with Gasteiger partial charge in [-0.3, -0.25) is 19.5 Å². The minimum Gasteiger partial charge on any atom is -0.457 e. The van der Waals surface area contributed by atoms with Crippen LogP contribution in [0, 0.1) is 0 Å². The van der Waals surface area contributed by atoms with Gasteiger partial charge in [0.15, 0.2) is 10.8 Å². The highest BCUT2D eigenvalue weighted by molar-refractivity contribution is 7.84. The zero-order chi connectivity index (χ0) is 33.3. The SMILES string of the molecule is CC(C)(C)OC(=O)Nc1nc(/C(=N\OC(C)(C)C(=O)OC(C)(C)C)C(=O)N[C@@H]2C(=O)N(S(=O)(=O)O)[C@@H]2Cn2nccn2)cs1. The van der Waals surface area contributed by atoms with Gasteiger partial charge in [0.25, 0.3) is 11.8 Å². The Labute approximate surface area is 257 Å². The molecule has 1 aliphatic heterocycles. The lowest BCUT2D eigenvalue weighted by atomic mass is 9.98. The van der Waals surface area contributed by atoms with Crippen molar-refractivity contribution in [3.63, 3.8) is 0 Å². The van der Waals surface area contributed by atoms with Crippen molar-refractivity contribution in [1.29, 1.82) is 0 Å². The summed E-state index contributed by atoms with van der Waals surface area (Å²) in [6.07, 6.45) is 1.81. The molecule has 3 rings (SSSR count). The van der Waals surface area contributed by atoms with Crippen molar-refractivity contribution in [2.24, 2.45) is 5.16 Å². The van der Waals surface area contributed by atoms with Crippen LogP contribution >= 0.6 is 11.3 Å². The molecule has 1 fully saturated rings. The number of rotatable bonds is 10. The Morgan fingerprint density at radius 2 is 1.64 bits per heavy atom. The number of esters is 1. The predicted molar refractivity (Wildman–Crippen MR) is 154 cm³/mol. The molecule has 0 unspecified atom stereocenters. The summed E-state index contributed by atoms with van der Waals surface area (Å²) < 4.78 is 44.0. The van der Waals surface area contributed by atoms with E-state index in [0.29, 0.717) is 0 Å². The summed E-state index contributed by atoms with van der Waals surface area (Å²) in [7, 11) is -4.99. The molecule has 0 bridgehead atoms. The zero-order valence-electron chi connectivity index (χ0n) is 25.2. The summed E-state index contributed by atoms with van der Waals surface area (Å²) in [4.78, 5) is 61.8. The normalized spacial score (nSPS) is 17.9. The summed E-state index contributed by atoms with van der Waals surface area (Å²) in [6, 6.07) is -2.79. The van der Waals surface area contributed by atoms with Crippen molar-refractivity contribution in [3.05, 3.63) is 23.5 Å². The molecule has 3 heterocycles. The molecule has 242 valence electrons. The average molecular weight is 659 g/mol. The number of ether oxygens (including phenoxy) is 2. The molecule has 0 aromatic carbocycles. The second-order valence-corrected chi connectivity index (χ2v) is 14.1. The van der Waals surface area contributed by atoms with Crippen LogP contribution in [0.2, 0.25) is 0 Å². The van der Waals surface area contributed by atoms with Gasteiger partial charge in [-0.05, 0) is 55.4 Å². The maximum Gasteiger partial charge on any atom is 0.413 e. The molecule has 1 aliphatic rings. The second kappa shape index (κ2) is 12.4. The molecule has 1 saturated heterocycles. The number of hydrogen-bond donors (Lipinski definition) is 3. The molecule has 44 heavy (non-hydrogen) atoms. The van der Waals surface area contributed by atoms with Gasteiger partial charge in [0.05, 0.1) is 18.9 Å². The van der Waals surface area contributed by atoms with E-state index < -0.39 is 68.8 Å². The third kappa shape index (κ3) is 8.92. The van der Waals surface area contributed by atoms with Gasteiger partial charge in [-0.1, -0.05) is 5.16 Å². The number of anilines is 1. The predicted octanol–water partition coefficient (Wildman–Crippen LogP) is 1.12. The summed E-state index contributed by atoms with van der Waals surface area (Å²) in [6.45, 7) is 12.3. The van der Waals surface area contributed by atoms with Crippen LogP contribution in [0.25, 0.3) is 0 Å². The monoisotopic (exact) mass is 658 g/mol. The van der Waals surface area contributed by atoms with Gasteiger partial charge >= 0.3 is 22.4 Å². The molecule has 2 atom stereocenters. The highest BCUT2D eigenvalue weighted by Crippen LogP contribution is 2.26. The van der Waals surface area contributed by atoms with Crippen molar-refractivity contribution in [2.75, 3.05) is 5.32 Å². The standard InChI is InChI=1S/C24H34N8O10S2/c1-22(2,3)40-19(35)24(7,8)42-30-15(13-12-43-20(27-13)29-21(36)41-23(4,5)6)17(33)28-16-14(11-31-25-9-10-26-31)32(18(16)34)44(37,38)39/h9-10,12,14,16H,11H2,1-8H3,(H,28,33)(H,27,29,36)(H,37,38,39)/b30-15+/t14-,16+/m1/s1. The van der Waals surface area contributed by atoms with E-state index in [1.54, 1.807) is 41.5 Å². The Hall–Kier alpha value is -4.17. The smallest absolute Gasteiger partial charge is 0.413 e. The molecule has 0 aliphatic carbocycles. The first kappa shape index (κ1) is 34.3. The van der Waals surface area contributed by atoms with Gasteiger partial charge in [-0.25, -0.2) is 18.9 Å². The van der Waals surface area contributed by atoms with Gasteiger partial charge in [-0.15, -0.1) is 11.3 Å². The molecule has 2 aromatic heterocycles. The maximum absolute atomic E-state index is 13.5. The molecule has 20 heteroatoms. The minimum absolute atomic E-state index is 0.0149. The number of hydrogen-bond acceptors (Lipinski definition) is 14. The van der Waals surface area contributed by atoms with Crippen molar-refractivity contribution < 1.29 is 46.5 Å². The van der Waals surface area contributed by atoms with E-state index in [1.807, 2.05) is 0 Å². The number of amides is 3. The van der Waals surface area contributed by atoms with Gasteiger partial charge < -0.3 is 19.6 Å². The highest BCUT2D eigenvalue weighted by atomic mass is 32.2. The van der Waals surface area contributed by atoms with Gasteiger partial charge in [0, 0.05) is 5.38 Å². The first-order valence-corrected chi connectivity index (χ1v) is 15.3. The van der Waals surface area contributed by atoms with Crippen LogP contribution in [0.3, 0.4) is 0 Å². The van der Waals surface area contributed by atoms with Crippen LogP contribution in [-0.2, 0) is 45.5 Å². The Morgan fingerprint density at radius 1 is 1.05 bits per heavy atom. The molecule has 18 nitrogen and oxygen atoms in total. The first-order valence-electron chi connectivity index (χ1n) is 13.0. The topological polar surface area (TPSA) is 234 Å². The Balaban J connectivity index is 1.92. The lowest BCUT2D eigenvalue weighted by molar-refractivity contribution is -0.179. The lowest BCUT2D eigenvalue weighted by Crippen LogP contribution is -2.73. The summed E-state index contributed by atoms with van der Waals surface area (Å²) in [5.41, 5.74) is -4.03. The molecule has 3 N–H and O–H groups in total. The first-order chi connectivity index (χ1) is 20.1. The summed E-state index contributed by atoms with van der Waals surface area (Å²) in [5.74, 6) is -3.01. The van der Waals surface area contributed by atoms with Crippen LogP contribution in [0.5, 0.6) is 0 Å². The Bertz CT molecular complexity index is 1540. The third-order valence-corrected chi connectivity index (χ3v) is 7.05. The summed E-state index contributed by atoms with van der Waals surface area (Å²) >= 11 is 0.905. The maximum atomic E-state index is 13.5. The zero-order valence-corrected chi connectivity index (χ0v) is 26.8. The molecule has 0 saturated carbocycles. The number of β-lactam (4-membered cyclic amide) rings is 1. The Kier molecular flexibility index (Phi) is 9.71. The molecular formula is C24H34N8O10S2. The van der Waals surface area contributed by atoms with Crippen molar-refractivity contribution in [2.45, 2.75) is 90.8 Å². The Morgan fingerprint density at radius 3 is 2.18 bits per heavy atom. The third-order valence-electron chi connectivity index (χ3n) is 5.35. The van der Waals surface area contributed by atoms with Crippen molar-refractivity contribution in [1.82, 2.24) is 29.6 Å². The quantitative estimate of drug-likeness (QED) is 0.107. The molecule has 3 amide bonds. The van der Waals surface area contributed by atoms with E-state index in [-0.39, 0.29) is 21.7 Å². The molecule has 0 radical (unpaired) electrons. The fourth-order valence-electron chi connectivity index (χ4n) is 3.49. The fraction of sp³-hybridized carbons (Fsp3) is 0.583. The van der Waals surface area contributed by atoms with Crippen molar-refractivity contribution >= 4 is 56.4 Å². The van der Waals surface area contributed by atoms with Crippen molar-refractivity contribution in [3.8, 4) is 0 Å². The largest absolute Gasteiger partial charge is 0.457 e. The van der Waals surface area contributed by atoms with Crippen LogP contribution in [-0.4, -0.2) is 95.7 Å². The van der Waals surface area contributed by atoms with E-state index in [9.17, 15) is 32.1 Å². The van der Waals surface area contributed by atoms with Crippen LogP contribution in [0.1, 0.15) is 61.1 Å². The van der Waals surface area contributed by atoms with Gasteiger partial charge in [-0.2, -0.15) is 23.4 Å².